The highest BCUT2D eigenvalue weighted by atomic mass is 16.5. The monoisotopic (exact) mass is 436 g/mol. The summed E-state index contributed by atoms with van der Waals surface area (Å²) in [5.74, 6) is -1.14. The normalized spacial score (nSPS) is 13.5. The van der Waals surface area contributed by atoms with Crippen LogP contribution in [0, 0.1) is 6.92 Å². The quantitative estimate of drug-likeness (QED) is 0.448. The van der Waals surface area contributed by atoms with E-state index in [-0.39, 0.29) is 30.0 Å². The number of hydrogen-bond donors (Lipinski definition) is 1. The molecule has 1 saturated heterocycles. The highest BCUT2D eigenvalue weighted by molar-refractivity contribution is 6.01. The van der Waals surface area contributed by atoms with Gasteiger partial charge in [0, 0.05) is 31.4 Å². The number of likely N-dealkylation sites (tertiary alicyclic amines) is 1. The zero-order valence-corrected chi connectivity index (χ0v) is 17.8. The number of ketones is 1. The number of H-pyrrole nitrogens is 1. The zero-order chi connectivity index (χ0) is 22.7. The largest absolute Gasteiger partial charge is 0.457 e. The fourth-order valence-electron chi connectivity index (χ4n) is 3.78. The maximum Gasteiger partial charge on any atom is 0.308 e. The van der Waals surface area contributed by atoms with Gasteiger partial charge in [0.25, 0.3) is 11.5 Å². The number of fused-ring (bicyclic) bond motifs is 1. The van der Waals surface area contributed by atoms with Crippen LogP contribution in [0.4, 0.5) is 0 Å². The number of esters is 1. The second kappa shape index (κ2) is 9.17. The van der Waals surface area contributed by atoms with Crippen molar-refractivity contribution >= 4 is 28.6 Å². The molecule has 2 aromatic heterocycles. The van der Waals surface area contributed by atoms with Gasteiger partial charge >= 0.3 is 5.97 Å². The Balaban J connectivity index is 1.30. The van der Waals surface area contributed by atoms with Crippen molar-refractivity contribution < 1.29 is 19.1 Å². The summed E-state index contributed by atoms with van der Waals surface area (Å²) in [4.78, 5) is 58.2. The molecule has 3 aromatic rings. The summed E-state index contributed by atoms with van der Waals surface area (Å²) < 4.78 is 6.42. The van der Waals surface area contributed by atoms with Crippen molar-refractivity contribution in [3.05, 3.63) is 64.0 Å². The van der Waals surface area contributed by atoms with E-state index in [0.29, 0.717) is 29.7 Å². The molecule has 0 spiro atoms. The third-order valence-corrected chi connectivity index (χ3v) is 5.60. The number of carbonyl (C=O) groups is 3. The first-order valence-electron chi connectivity index (χ1n) is 10.6. The van der Waals surface area contributed by atoms with E-state index in [1.54, 1.807) is 17.0 Å². The van der Waals surface area contributed by atoms with Gasteiger partial charge < -0.3 is 14.6 Å². The first-order valence-corrected chi connectivity index (χ1v) is 10.6. The van der Waals surface area contributed by atoms with Crippen molar-refractivity contribution in [3.63, 3.8) is 0 Å². The standard InChI is InChI=1S/C23H24N4O5/c1-15-5-4-6-17-21(15)25-14-27(22(17)30)10-7-20(29)32-13-19(28)16-11-18(24-12-16)23(31)26-8-2-3-9-26/h4-6,11-12,14,24H,2-3,7-10,13H2,1H3. The van der Waals surface area contributed by atoms with Crippen LogP contribution in [0.2, 0.25) is 0 Å². The zero-order valence-electron chi connectivity index (χ0n) is 17.8. The fraction of sp³-hybridized carbons (Fsp3) is 0.348. The van der Waals surface area contributed by atoms with Gasteiger partial charge in [-0.2, -0.15) is 0 Å². The molecular formula is C23H24N4O5. The summed E-state index contributed by atoms with van der Waals surface area (Å²) in [7, 11) is 0. The summed E-state index contributed by atoms with van der Waals surface area (Å²) in [6.45, 7) is 2.98. The SMILES string of the molecule is Cc1cccc2c(=O)n(CCC(=O)OCC(=O)c3c[nH]c(C(=O)N4CCCC4)c3)cnc12. The number of aromatic amines is 1. The van der Waals surface area contributed by atoms with E-state index in [4.69, 9.17) is 4.74 Å². The third-order valence-electron chi connectivity index (χ3n) is 5.60. The lowest BCUT2D eigenvalue weighted by molar-refractivity contribution is -0.142. The molecule has 0 radical (unpaired) electrons. The Morgan fingerprint density at radius 2 is 1.97 bits per heavy atom. The first-order chi connectivity index (χ1) is 15.4. The van der Waals surface area contributed by atoms with Gasteiger partial charge in [-0.05, 0) is 37.5 Å². The van der Waals surface area contributed by atoms with Crippen molar-refractivity contribution in [1.82, 2.24) is 19.4 Å². The smallest absolute Gasteiger partial charge is 0.308 e. The van der Waals surface area contributed by atoms with Gasteiger partial charge in [0.1, 0.15) is 5.69 Å². The van der Waals surface area contributed by atoms with Gasteiger partial charge in [0.05, 0.1) is 23.7 Å². The molecule has 32 heavy (non-hydrogen) atoms. The average molecular weight is 436 g/mol. The van der Waals surface area contributed by atoms with Crippen molar-refractivity contribution in [2.24, 2.45) is 0 Å². The molecular weight excluding hydrogens is 412 g/mol. The molecule has 3 heterocycles. The van der Waals surface area contributed by atoms with E-state index in [0.717, 1.165) is 18.4 Å². The maximum atomic E-state index is 12.6. The lowest BCUT2D eigenvalue weighted by Crippen LogP contribution is -2.27. The number of rotatable bonds is 7. The number of Topliss-reactive ketones (excluding diaryl/α,β-unsaturated/α-hetero) is 1. The molecule has 0 unspecified atom stereocenters. The van der Waals surface area contributed by atoms with E-state index in [1.807, 2.05) is 13.0 Å². The molecule has 1 aliphatic rings. The molecule has 1 aromatic carbocycles. The van der Waals surface area contributed by atoms with Crippen molar-refractivity contribution in [3.8, 4) is 0 Å². The van der Waals surface area contributed by atoms with Gasteiger partial charge in [-0.15, -0.1) is 0 Å². The lowest BCUT2D eigenvalue weighted by Gasteiger charge is -2.13. The Kier molecular flexibility index (Phi) is 6.16. The number of aryl methyl sites for hydroxylation is 2. The van der Waals surface area contributed by atoms with E-state index in [9.17, 15) is 19.2 Å². The van der Waals surface area contributed by atoms with Crippen LogP contribution >= 0.6 is 0 Å². The second-order valence-electron chi connectivity index (χ2n) is 7.85. The third kappa shape index (κ3) is 4.46. The molecule has 9 heteroatoms. The summed E-state index contributed by atoms with van der Waals surface area (Å²) >= 11 is 0. The summed E-state index contributed by atoms with van der Waals surface area (Å²) in [6, 6.07) is 6.85. The predicted octanol–water partition coefficient (Wildman–Crippen LogP) is 2.09. The van der Waals surface area contributed by atoms with Gasteiger partial charge in [0.2, 0.25) is 5.78 Å². The maximum absolute atomic E-state index is 12.6. The minimum Gasteiger partial charge on any atom is -0.457 e. The van der Waals surface area contributed by atoms with E-state index in [2.05, 4.69) is 9.97 Å². The molecule has 0 bridgehead atoms. The van der Waals surface area contributed by atoms with E-state index < -0.39 is 18.4 Å². The van der Waals surface area contributed by atoms with Crippen LogP contribution < -0.4 is 5.56 Å². The van der Waals surface area contributed by atoms with Crippen LogP contribution in [-0.2, 0) is 16.1 Å². The number of aromatic nitrogens is 3. The Morgan fingerprint density at radius 3 is 2.75 bits per heavy atom. The fourth-order valence-corrected chi connectivity index (χ4v) is 3.78. The summed E-state index contributed by atoms with van der Waals surface area (Å²) in [5.41, 5.74) is 1.94. The van der Waals surface area contributed by atoms with Crippen LogP contribution in [0.5, 0.6) is 0 Å². The number of amides is 1. The number of nitrogens with one attached hydrogen (secondary N) is 1. The van der Waals surface area contributed by atoms with Crippen LogP contribution in [0.15, 0.2) is 41.6 Å². The molecule has 0 saturated carbocycles. The number of carbonyl (C=O) groups excluding carboxylic acids is 3. The lowest BCUT2D eigenvalue weighted by atomic mass is 10.1. The van der Waals surface area contributed by atoms with Gasteiger partial charge in [0.15, 0.2) is 6.61 Å². The number of para-hydroxylation sites is 1. The summed E-state index contributed by atoms with van der Waals surface area (Å²) in [5, 5.41) is 0.489. The van der Waals surface area contributed by atoms with Crippen molar-refractivity contribution in [2.75, 3.05) is 19.7 Å². The Labute approximate surface area is 184 Å². The molecule has 1 aliphatic heterocycles. The molecule has 1 amide bonds. The van der Waals surface area contributed by atoms with Gasteiger partial charge in [-0.1, -0.05) is 12.1 Å². The van der Waals surface area contributed by atoms with E-state index >= 15 is 0 Å². The number of nitrogens with zero attached hydrogens (tertiary/aromatic N) is 3. The first kappa shape index (κ1) is 21.5. The number of ether oxygens (including phenoxy) is 1. The Bertz CT molecular complexity index is 1240. The average Bonchev–Trinajstić information content (AvgIpc) is 3.49. The highest BCUT2D eigenvalue weighted by Gasteiger charge is 2.22. The van der Waals surface area contributed by atoms with Crippen molar-refractivity contribution in [2.45, 2.75) is 32.7 Å². The van der Waals surface area contributed by atoms with Crippen LogP contribution in [0.3, 0.4) is 0 Å². The highest BCUT2D eigenvalue weighted by Crippen LogP contribution is 2.14. The molecule has 4 rings (SSSR count). The van der Waals surface area contributed by atoms with Gasteiger partial charge in [-0.25, -0.2) is 4.98 Å². The number of hydrogen-bond acceptors (Lipinski definition) is 6. The molecule has 1 N–H and O–H groups in total. The Hall–Kier alpha value is -3.75. The molecule has 0 aliphatic carbocycles. The second-order valence-corrected chi connectivity index (χ2v) is 7.85. The Morgan fingerprint density at radius 1 is 1.19 bits per heavy atom. The predicted molar refractivity (Wildman–Crippen MR) is 117 cm³/mol. The molecule has 1 fully saturated rings. The molecule has 0 atom stereocenters. The van der Waals surface area contributed by atoms with Crippen LogP contribution in [0.1, 0.15) is 45.7 Å². The molecule has 166 valence electrons. The van der Waals surface area contributed by atoms with E-state index in [1.165, 1.54) is 23.2 Å². The van der Waals surface area contributed by atoms with Gasteiger partial charge in [-0.3, -0.25) is 23.7 Å². The van der Waals surface area contributed by atoms with Crippen LogP contribution in [-0.4, -0.2) is 56.8 Å². The minimum absolute atomic E-state index is 0.0714. The summed E-state index contributed by atoms with van der Waals surface area (Å²) in [6.07, 6.45) is 4.75. The minimum atomic E-state index is -0.599. The number of benzene rings is 1. The van der Waals surface area contributed by atoms with Crippen LogP contribution in [0.25, 0.3) is 10.9 Å². The van der Waals surface area contributed by atoms with Crippen molar-refractivity contribution in [1.29, 1.82) is 0 Å². The molecule has 9 nitrogen and oxygen atoms in total. The topological polar surface area (TPSA) is 114 Å².